The summed E-state index contributed by atoms with van der Waals surface area (Å²) in [6, 6.07) is -0.902. The highest BCUT2D eigenvalue weighted by molar-refractivity contribution is 5.98. The molecule has 0 aliphatic heterocycles. The lowest BCUT2D eigenvalue weighted by atomic mass is 10.1. The van der Waals surface area contributed by atoms with Gasteiger partial charge in [0.15, 0.2) is 0 Å². The van der Waals surface area contributed by atoms with Crippen LogP contribution in [-0.4, -0.2) is 30.4 Å². The molecule has 0 saturated carbocycles. The number of nitrogens with one attached hydrogen (secondary N) is 1. The maximum atomic E-state index is 13.4. The van der Waals surface area contributed by atoms with Crippen LogP contribution < -0.4 is 11.1 Å². The van der Waals surface area contributed by atoms with Crippen LogP contribution in [0.3, 0.4) is 0 Å². The predicted molar refractivity (Wildman–Crippen MR) is 68.0 cm³/mol. The topological polar surface area (TPSA) is 98.5 Å². The Kier molecular flexibility index (Phi) is 5.90. The number of amides is 2. The molecule has 0 heterocycles. The number of ether oxygens (including phenoxy) is 1. The molecular formula is C13H13F3N2O4. The molecule has 1 rings (SSSR count). The highest BCUT2D eigenvalue weighted by Crippen LogP contribution is 2.15. The molecule has 0 aliphatic carbocycles. The Morgan fingerprint density at radius 1 is 1.23 bits per heavy atom. The summed E-state index contributed by atoms with van der Waals surface area (Å²) in [6.45, 7) is 1.57. The molecule has 1 atom stereocenters. The van der Waals surface area contributed by atoms with Gasteiger partial charge in [0.1, 0.15) is 29.1 Å². The minimum absolute atomic E-state index is 0.0412. The van der Waals surface area contributed by atoms with E-state index in [0.717, 1.165) is 0 Å². The first kappa shape index (κ1) is 17.5. The molecule has 0 spiro atoms. The lowest BCUT2D eigenvalue weighted by Gasteiger charge is -2.15. The van der Waals surface area contributed by atoms with E-state index in [1.165, 1.54) is 6.92 Å². The average Bonchev–Trinajstić information content (AvgIpc) is 2.36. The normalized spacial score (nSPS) is 11.6. The van der Waals surface area contributed by atoms with Crippen molar-refractivity contribution in [2.75, 3.05) is 6.61 Å². The van der Waals surface area contributed by atoms with E-state index in [2.05, 4.69) is 4.74 Å². The van der Waals surface area contributed by atoms with Gasteiger partial charge in [0.05, 0.1) is 13.0 Å². The molecule has 0 aliphatic rings. The largest absolute Gasteiger partial charge is 0.466 e. The van der Waals surface area contributed by atoms with Gasteiger partial charge in [0.25, 0.3) is 5.91 Å². The van der Waals surface area contributed by atoms with Gasteiger partial charge in [0, 0.05) is 12.1 Å². The van der Waals surface area contributed by atoms with Crippen molar-refractivity contribution < 1.29 is 32.3 Å². The Hall–Kier alpha value is -2.58. The van der Waals surface area contributed by atoms with Crippen molar-refractivity contribution in [1.82, 2.24) is 5.32 Å². The number of carbonyl (C=O) groups is 3. The molecule has 9 heteroatoms. The van der Waals surface area contributed by atoms with Gasteiger partial charge < -0.3 is 15.8 Å². The lowest BCUT2D eigenvalue weighted by molar-refractivity contribution is -0.145. The standard InChI is InChI=1S/C13H13F3N2O4/c1-2-22-10(19)5-9(12(17)20)18-13(21)11-7(15)3-6(14)4-8(11)16/h3-4,9H,2,5H2,1H3,(H2,17,20)(H,18,21)/t9-/m1/s1. The fraction of sp³-hybridized carbons (Fsp3) is 0.308. The number of halogens is 3. The molecular weight excluding hydrogens is 305 g/mol. The minimum atomic E-state index is -1.52. The Morgan fingerprint density at radius 2 is 1.77 bits per heavy atom. The highest BCUT2D eigenvalue weighted by atomic mass is 19.1. The zero-order valence-electron chi connectivity index (χ0n) is 11.5. The molecule has 2 amide bonds. The smallest absolute Gasteiger partial charge is 0.308 e. The second-order valence-electron chi connectivity index (χ2n) is 4.18. The van der Waals surface area contributed by atoms with Crippen LogP contribution in [0.4, 0.5) is 13.2 Å². The van der Waals surface area contributed by atoms with Gasteiger partial charge in [-0.25, -0.2) is 13.2 Å². The lowest BCUT2D eigenvalue weighted by Crippen LogP contribution is -2.46. The number of hydrogen-bond acceptors (Lipinski definition) is 4. The Balaban J connectivity index is 2.93. The van der Waals surface area contributed by atoms with Crippen molar-refractivity contribution in [3.63, 3.8) is 0 Å². The summed E-state index contributed by atoms with van der Waals surface area (Å²) < 4.78 is 44.2. The monoisotopic (exact) mass is 318 g/mol. The van der Waals surface area contributed by atoms with Crippen LogP contribution in [0.2, 0.25) is 0 Å². The fourth-order valence-electron chi connectivity index (χ4n) is 1.60. The van der Waals surface area contributed by atoms with Crippen LogP contribution >= 0.6 is 0 Å². The Bertz CT molecular complexity index is 584. The molecule has 0 saturated heterocycles. The second-order valence-corrected chi connectivity index (χ2v) is 4.18. The van der Waals surface area contributed by atoms with Gasteiger partial charge in [-0.3, -0.25) is 14.4 Å². The fourth-order valence-corrected chi connectivity index (χ4v) is 1.60. The van der Waals surface area contributed by atoms with Crippen LogP contribution in [0.15, 0.2) is 12.1 Å². The van der Waals surface area contributed by atoms with Crippen LogP contribution in [-0.2, 0) is 14.3 Å². The predicted octanol–water partition coefficient (Wildman–Crippen LogP) is 0.641. The SMILES string of the molecule is CCOC(=O)C[C@@H](NC(=O)c1c(F)cc(F)cc1F)C(N)=O. The first-order chi connectivity index (χ1) is 10.3. The van der Waals surface area contributed by atoms with E-state index < -0.39 is 53.3 Å². The minimum Gasteiger partial charge on any atom is -0.466 e. The third kappa shape index (κ3) is 4.47. The maximum absolute atomic E-state index is 13.4. The van der Waals surface area contributed by atoms with Gasteiger partial charge in [-0.1, -0.05) is 0 Å². The molecule has 0 fully saturated rings. The molecule has 22 heavy (non-hydrogen) atoms. The number of benzene rings is 1. The summed E-state index contributed by atoms with van der Waals surface area (Å²) in [7, 11) is 0. The number of esters is 1. The van der Waals surface area contributed by atoms with Crippen molar-refractivity contribution in [3.05, 3.63) is 35.1 Å². The molecule has 6 nitrogen and oxygen atoms in total. The zero-order valence-corrected chi connectivity index (χ0v) is 11.5. The van der Waals surface area contributed by atoms with Crippen LogP contribution in [0.5, 0.6) is 0 Å². The number of carbonyl (C=O) groups excluding carboxylic acids is 3. The molecule has 120 valence electrons. The van der Waals surface area contributed by atoms with E-state index >= 15 is 0 Å². The van der Waals surface area contributed by atoms with E-state index in [-0.39, 0.29) is 6.61 Å². The van der Waals surface area contributed by atoms with Crippen LogP contribution in [0.25, 0.3) is 0 Å². The summed E-state index contributed by atoms with van der Waals surface area (Å²) >= 11 is 0. The van der Waals surface area contributed by atoms with Crippen molar-refractivity contribution in [3.8, 4) is 0 Å². The number of primary amides is 1. The first-order valence-corrected chi connectivity index (χ1v) is 6.16. The van der Waals surface area contributed by atoms with Gasteiger partial charge in [-0.15, -0.1) is 0 Å². The molecule has 0 aromatic heterocycles. The summed E-state index contributed by atoms with van der Waals surface area (Å²) in [5.41, 5.74) is 3.91. The molecule has 1 aromatic carbocycles. The molecule has 0 radical (unpaired) electrons. The van der Waals surface area contributed by atoms with Crippen molar-refractivity contribution in [1.29, 1.82) is 0 Å². The zero-order chi connectivity index (χ0) is 16.9. The van der Waals surface area contributed by atoms with Gasteiger partial charge in [0.2, 0.25) is 5.91 Å². The van der Waals surface area contributed by atoms with Crippen LogP contribution in [0, 0.1) is 17.5 Å². The van der Waals surface area contributed by atoms with Gasteiger partial charge >= 0.3 is 5.97 Å². The molecule has 3 N–H and O–H groups in total. The quantitative estimate of drug-likeness (QED) is 0.752. The molecule has 0 unspecified atom stereocenters. The second kappa shape index (κ2) is 7.43. The summed E-state index contributed by atoms with van der Waals surface area (Å²) in [6.07, 6.45) is -0.598. The number of hydrogen-bond donors (Lipinski definition) is 2. The first-order valence-electron chi connectivity index (χ1n) is 6.16. The van der Waals surface area contributed by atoms with E-state index in [1.807, 2.05) is 5.32 Å². The molecule has 0 bridgehead atoms. The summed E-state index contributed by atoms with van der Waals surface area (Å²) in [5, 5.41) is 1.91. The average molecular weight is 318 g/mol. The van der Waals surface area contributed by atoms with E-state index in [4.69, 9.17) is 5.73 Å². The summed E-state index contributed by atoms with van der Waals surface area (Å²) in [4.78, 5) is 34.2. The van der Waals surface area contributed by atoms with Crippen molar-refractivity contribution >= 4 is 17.8 Å². The number of nitrogens with two attached hydrogens (primary N) is 1. The van der Waals surface area contributed by atoms with Crippen molar-refractivity contribution in [2.45, 2.75) is 19.4 Å². The van der Waals surface area contributed by atoms with Crippen molar-refractivity contribution in [2.24, 2.45) is 5.73 Å². The Morgan fingerprint density at radius 3 is 2.23 bits per heavy atom. The maximum Gasteiger partial charge on any atom is 0.308 e. The third-order valence-electron chi connectivity index (χ3n) is 2.56. The van der Waals surface area contributed by atoms with Crippen LogP contribution in [0.1, 0.15) is 23.7 Å². The van der Waals surface area contributed by atoms with E-state index in [0.29, 0.717) is 12.1 Å². The summed E-state index contributed by atoms with van der Waals surface area (Å²) in [5.74, 6) is -7.37. The highest BCUT2D eigenvalue weighted by Gasteiger charge is 2.26. The van der Waals surface area contributed by atoms with E-state index in [1.54, 1.807) is 0 Å². The van der Waals surface area contributed by atoms with Gasteiger partial charge in [-0.2, -0.15) is 0 Å². The molecule has 1 aromatic rings. The van der Waals surface area contributed by atoms with Gasteiger partial charge in [-0.05, 0) is 6.92 Å². The third-order valence-corrected chi connectivity index (χ3v) is 2.56. The number of rotatable bonds is 6. The Labute approximate surface area is 123 Å². The van der Waals surface area contributed by atoms with E-state index in [9.17, 15) is 27.6 Å².